The van der Waals surface area contributed by atoms with Crippen molar-refractivity contribution in [1.82, 2.24) is 14.9 Å². The molecule has 4 rings (SSSR count). The van der Waals surface area contributed by atoms with Crippen LogP contribution in [0, 0.1) is 12.7 Å². The van der Waals surface area contributed by atoms with Crippen molar-refractivity contribution in [3.05, 3.63) is 66.1 Å². The Labute approximate surface area is 191 Å². The van der Waals surface area contributed by atoms with Crippen molar-refractivity contribution < 1.29 is 13.9 Å². The van der Waals surface area contributed by atoms with E-state index in [0.717, 1.165) is 30.2 Å². The van der Waals surface area contributed by atoms with E-state index >= 15 is 0 Å². The molecular formula is C24H25FN4O2S. The first-order chi connectivity index (χ1) is 15.5. The zero-order chi connectivity index (χ0) is 22.5. The van der Waals surface area contributed by atoms with Gasteiger partial charge < -0.3 is 14.5 Å². The summed E-state index contributed by atoms with van der Waals surface area (Å²) < 4.78 is 18.8. The SMILES string of the molecule is COc1ccc(N2CCN(C(=O)CSc3cc(C)nc(-c4cccc(F)c4)n3)CC2)cc1. The summed E-state index contributed by atoms with van der Waals surface area (Å²) >= 11 is 1.39. The van der Waals surface area contributed by atoms with Crippen LogP contribution in [0.3, 0.4) is 0 Å². The highest BCUT2D eigenvalue weighted by Crippen LogP contribution is 2.24. The quantitative estimate of drug-likeness (QED) is 0.416. The Bertz CT molecular complexity index is 1090. The molecule has 8 heteroatoms. The lowest BCUT2D eigenvalue weighted by molar-refractivity contribution is -0.128. The zero-order valence-corrected chi connectivity index (χ0v) is 18.9. The molecule has 0 bridgehead atoms. The molecule has 0 N–H and O–H groups in total. The van der Waals surface area contributed by atoms with Gasteiger partial charge in [0.15, 0.2) is 5.82 Å². The molecule has 0 saturated carbocycles. The number of amides is 1. The molecule has 0 unspecified atom stereocenters. The normalized spacial score (nSPS) is 13.8. The van der Waals surface area contributed by atoms with Gasteiger partial charge in [0.25, 0.3) is 0 Å². The van der Waals surface area contributed by atoms with Crippen LogP contribution in [-0.4, -0.2) is 59.8 Å². The fourth-order valence-corrected chi connectivity index (χ4v) is 4.46. The summed E-state index contributed by atoms with van der Waals surface area (Å²) in [5.41, 5.74) is 2.53. The minimum atomic E-state index is -0.328. The number of methoxy groups -OCH3 is 1. The third-order valence-electron chi connectivity index (χ3n) is 5.33. The highest BCUT2D eigenvalue weighted by Gasteiger charge is 2.21. The third-order valence-corrected chi connectivity index (χ3v) is 6.22. The second-order valence-corrected chi connectivity index (χ2v) is 8.53. The predicted molar refractivity (Wildman–Crippen MR) is 125 cm³/mol. The second-order valence-electron chi connectivity index (χ2n) is 7.54. The molecule has 1 aliphatic heterocycles. The average Bonchev–Trinajstić information content (AvgIpc) is 2.82. The highest BCUT2D eigenvalue weighted by atomic mass is 32.2. The number of aromatic nitrogens is 2. The molecule has 166 valence electrons. The molecule has 1 aliphatic rings. The van der Waals surface area contributed by atoms with E-state index in [1.165, 1.54) is 23.9 Å². The lowest BCUT2D eigenvalue weighted by Gasteiger charge is -2.36. The van der Waals surface area contributed by atoms with Gasteiger partial charge in [-0.25, -0.2) is 14.4 Å². The summed E-state index contributed by atoms with van der Waals surface area (Å²) in [7, 11) is 1.66. The van der Waals surface area contributed by atoms with Gasteiger partial charge in [-0.05, 0) is 49.4 Å². The summed E-state index contributed by atoms with van der Waals surface area (Å²) in [4.78, 5) is 25.9. The van der Waals surface area contributed by atoms with E-state index in [1.807, 2.05) is 42.2 Å². The number of rotatable bonds is 6. The van der Waals surface area contributed by atoms with E-state index in [1.54, 1.807) is 19.2 Å². The number of ether oxygens (including phenoxy) is 1. The van der Waals surface area contributed by atoms with E-state index in [-0.39, 0.29) is 11.7 Å². The molecule has 2 heterocycles. The standard InChI is InChI=1S/C24H25FN4O2S/c1-17-14-22(27-24(26-17)18-4-3-5-19(25)15-18)32-16-23(30)29-12-10-28(11-13-29)20-6-8-21(31-2)9-7-20/h3-9,14-15H,10-13,16H2,1-2H3. The fraction of sp³-hybridized carbons (Fsp3) is 0.292. The topological polar surface area (TPSA) is 58.6 Å². The smallest absolute Gasteiger partial charge is 0.233 e. The third kappa shape index (κ3) is 5.37. The Balaban J connectivity index is 1.33. The molecular weight excluding hydrogens is 427 g/mol. The number of piperazine rings is 1. The van der Waals surface area contributed by atoms with Crippen LogP contribution in [0.1, 0.15) is 5.69 Å². The van der Waals surface area contributed by atoms with Crippen LogP contribution in [-0.2, 0) is 4.79 Å². The van der Waals surface area contributed by atoms with Gasteiger partial charge >= 0.3 is 0 Å². The number of anilines is 1. The summed E-state index contributed by atoms with van der Waals surface area (Å²) in [6, 6.07) is 16.1. The maximum atomic E-state index is 13.6. The van der Waals surface area contributed by atoms with Crippen molar-refractivity contribution in [1.29, 1.82) is 0 Å². The van der Waals surface area contributed by atoms with E-state index in [4.69, 9.17) is 4.74 Å². The highest BCUT2D eigenvalue weighted by molar-refractivity contribution is 7.99. The first-order valence-electron chi connectivity index (χ1n) is 10.4. The second kappa shape index (κ2) is 9.99. The Kier molecular flexibility index (Phi) is 6.90. The Morgan fingerprint density at radius 1 is 1.06 bits per heavy atom. The van der Waals surface area contributed by atoms with E-state index in [0.29, 0.717) is 35.3 Å². The number of thioether (sulfide) groups is 1. The summed E-state index contributed by atoms with van der Waals surface area (Å²) in [6.45, 7) is 4.82. The van der Waals surface area contributed by atoms with Crippen LogP contribution in [0.4, 0.5) is 10.1 Å². The number of carbonyl (C=O) groups excluding carboxylic acids is 1. The molecule has 0 aliphatic carbocycles. The van der Waals surface area contributed by atoms with Crippen molar-refractivity contribution in [3.8, 4) is 17.1 Å². The van der Waals surface area contributed by atoms with Crippen LogP contribution in [0.5, 0.6) is 5.75 Å². The van der Waals surface area contributed by atoms with Crippen molar-refractivity contribution in [2.45, 2.75) is 11.9 Å². The molecule has 1 saturated heterocycles. The van der Waals surface area contributed by atoms with Gasteiger partial charge in [-0.3, -0.25) is 4.79 Å². The van der Waals surface area contributed by atoms with Crippen molar-refractivity contribution >= 4 is 23.4 Å². The largest absolute Gasteiger partial charge is 0.497 e. The lowest BCUT2D eigenvalue weighted by atomic mass is 10.2. The molecule has 0 spiro atoms. The number of halogens is 1. The first-order valence-corrected chi connectivity index (χ1v) is 11.4. The molecule has 0 radical (unpaired) electrons. The summed E-state index contributed by atoms with van der Waals surface area (Å²) in [6.07, 6.45) is 0. The monoisotopic (exact) mass is 452 g/mol. The van der Waals surface area contributed by atoms with E-state index in [9.17, 15) is 9.18 Å². The Hall–Kier alpha value is -3.13. The van der Waals surface area contributed by atoms with E-state index in [2.05, 4.69) is 14.9 Å². The number of carbonyl (C=O) groups is 1. The van der Waals surface area contributed by atoms with Gasteiger partial charge in [-0.15, -0.1) is 0 Å². The zero-order valence-electron chi connectivity index (χ0n) is 18.1. The molecule has 3 aromatic rings. The maximum Gasteiger partial charge on any atom is 0.233 e. The van der Waals surface area contributed by atoms with Gasteiger partial charge in [0.1, 0.15) is 16.6 Å². The molecule has 1 fully saturated rings. The minimum Gasteiger partial charge on any atom is -0.497 e. The summed E-state index contributed by atoms with van der Waals surface area (Å²) in [5.74, 6) is 1.37. The lowest BCUT2D eigenvalue weighted by Crippen LogP contribution is -2.49. The summed E-state index contributed by atoms with van der Waals surface area (Å²) in [5, 5.41) is 0.710. The van der Waals surface area contributed by atoms with Gasteiger partial charge in [-0.1, -0.05) is 23.9 Å². The van der Waals surface area contributed by atoms with Crippen molar-refractivity contribution in [2.24, 2.45) is 0 Å². The molecule has 6 nitrogen and oxygen atoms in total. The van der Waals surface area contributed by atoms with Crippen LogP contribution in [0.2, 0.25) is 0 Å². The van der Waals surface area contributed by atoms with Crippen molar-refractivity contribution in [2.75, 3.05) is 43.9 Å². The molecule has 0 atom stereocenters. The van der Waals surface area contributed by atoms with Gasteiger partial charge in [0, 0.05) is 43.1 Å². The average molecular weight is 453 g/mol. The van der Waals surface area contributed by atoms with Crippen molar-refractivity contribution in [3.63, 3.8) is 0 Å². The van der Waals surface area contributed by atoms with Crippen LogP contribution >= 0.6 is 11.8 Å². The fourth-order valence-electron chi connectivity index (χ4n) is 3.60. The van der Waals surface area contributed by atoms with Crippen LogP contribution in [0.15, 0.2) is 59.6 Å². The van der Waals surface area contributed by atoms with Gasteiger partial charge in [0.2, 0.25) is 5.91 Å². The predicted octanol–water partition coefficient (Wildman–Crippen LogP) is 4.04. The Morgan fingerprint density at radius 2 is 1.81 bits per heavy atom. The molecule has 2 aromatic carbocycles. The number of hydrogen-bond acceptors (Lipinski definition) is 6. The molecule has 1 aromatic heterocycles. The Morgan fingerprint density at radius 3 is 2.50 bits per heavy atom. The first kappa shape index (κ1) is 22.1. The maximum absolute atomic E-state index is 13.6. The van der Waals surface area contributed by atoms with Gasteiger partial charge in [-0.2, -0.15) is 0 Å². The number of aryl methyl sites for hydroxylation is 1. The number of benzene rings is 2. The number of nitrogens with zero attached hydrogens (tertiary/aromatic N) is 4. The van der Waals surface area contributed by atoms with Crippen LogP contribution < -0.4 is 9.64 Å². The van der Waals surface area contributed by atoms with Crippen LogP contribution in [0.25, 0.3) is 11.4 Å². The van der Waals surface area contributed by atoms with Gasteiger partial charge in [0.05, 0.1) is 12.9 Å². The van der Waals surface area contributed by atoms with E-state index < -0.39 is 0 Å². The molecule has 32 heavy (non-hydrogen) atoms. The number of hydrogen-bond donors (Lipinski definition) is 0. The minimum absolute atomic E-state index is 0.0907. The molecule has 1 amide bonds.